The summed E-state index contributed by atoms with van der Waals surface area (Å²) < 4.78 is 5.22. The van der Waals surface area contributed by atoms with E-state index in [1.807, 2.05) is 6.92 Å². The molecule has 4 heteroatoms. The predicted octanol–water partition coefficient (Wildman–Crippen LogP) is 1.99. The van der Waals surface area contributed by atoms with Gasteiger partial charge in [-0.15, -0.1) is 0 Å². The molecule has 0 spiro atoms. The van der Waals surface area contributed by atoms with E-state index in [-0.39, 0.29) is 0 Å². The van der Waals surface area contributed by atoms with Gasteiger partial charge in [-0.3, -0.25) is 0 Å². The molecule has 1 saturated heterocycles. The van der Waals surface area contributed by atoms with E-state index in [2.05, 4.69) is 11.8 Å². The Morgan fingerprint density at radius 3 is 2.88 bits per heavy atom. The lowest BCUT2D eigenvalue weighted by Gasteiger charge is -2.22. The molecule has 1 aliphatic heterocycles. The van der Waals surface area contributed by atoms with Crippen molar-refractivity contribution in [2.45, 2.75) is 45.6 Å². The number of rotatable bonds is 6. The molecule has 2 atom stereocenters. The van der Waals surface area contributed by atoms with E-state index < -0.39 is 12.1 Å². The Morgan fingerprint density at radius 2 is 2.24 bits per heavy atom. The summed E-state index contributed by atoms with van der Waals surface area (Å²) in [5.74, 6) is -0.0304. The van der Waals surface area contributed by atoms with Gasteiger partial charge in [-0.05, 0) is 51.6 Å². The van der Waals surface area contributed by atoms with Crippen LogP contribution in [0.15, 0.2) is 0 Å². The average Bonchev–Trinajstić information content (AvgIpc) is 2.49. The zero-order valence-corrected chi connectivity index (χ0v) is 11.0. The summed E-state index contributed by atoms with van der Waals surface area (Å²) in [7, 11) is 0. The van der Waals surface area contributed by atoms with Crippen LogP contribution in [0, 0.1) is 5.92 Å². The lowest BCUT2D eigenvalue weighted by atomic mass is 10.0. The predicted molar refractivity (Wildman–Crippen MR) is 67.1 cm³/mol. The zero-order valence-electron chi connectivity index (χ0n) is 11.0. The van der Waals surface area contributed by atoms with Gasteiger partial charge in [0.25, 0.3) is 0 Å². The molecule has 0 saturated carbocycles. The molecule has 0 aromatic rings. The number of nitrogens with zero attached hydrogens (tertiary/aromatic N) is 1. The van der Waals surface area contributed by atoms with Crippen LogP contribution in [0.1, 0.15) is 39.5 Å². The molecule has 0 aromatic heterocycles. The van der Waals surface area contributed by atoms with Crippen LogP contribution in [-0.4, -0.2) is 48.3 Å². The van der Waals surface area contributed by atoms with Crippen molar-refractivity contribution in [2.24, 2.45) is 5.92 Å². The summed E-state index contributed by atoms with van der Waals surface area (Å²) >= 11 is 0. The van der Waals surface area contributed by atoms with E-state index in [1.54, 1.807) is 0 Å². The molecule has 1 N–H and O–H groups in total. The molecule has 1 aliphatic rings. The second-order valence-corrected chi connectivity index (χ2v) is 4.95. The number of carboxylic acids is 1. The zero-order chi connectivity index (χ0) is 12.7. The van der Waals surface area contributed by atoms with Crippen molar-refractivity contribution in [2.75, 3.05) is 26.2 Å². The maximum Gasteiger partial charge on any atom is 0.332 e. The second kappa shape index (κ2) is 7.67. The van der Waals surface area contributed by atoms with E-state index in [0.29, 0.717) is 13.0 Å². The first-order chi connectivity index (χ1) is 8.13. The van der Waals surface area contributed by atoms with Crippen LogP contribution in [0.2, 0.25) is 0 Å². The van der Waals surface area contributed by atoms with E-state index in [9.17, 15) is 4.79 Å². The molecule has 17 heavy (non-hydrogen) atoms. The highest BCUT2D eigenvalue weighted by molar-refractivity contribution is 5.72. The fourth-order valence-corrected chi connectivity index (χ4v) is 2.33. The smallest absolute Gasteiger partial charge is 0.332 e. The van der Waals surface area contributed by atoms with Crippen LogP contribution in [0.5, 0.6) is 0 Å². The van der Waals surface area contributed by atoms with Crippen molar-refractivity contribution in [1.82, 2.24) is 4.90 Å². The number of carbonyl (C=O) groups is 1. The van der Waals surface area contributed by atoms with Gasteiger partial charge in [0.15, 0.2) is 6.10 Å². The molecule has 100 valence electrons. The first kappa shape index (κ1) is 14.5. The normalized spacial score (nSPS) is 24.2. The molecule has 0 aromatic carbocycles. The molecule has 0 radical (unpaired) electrons. The molecule has 4 nitrogen and oxygen atoms in total. The summed E-state index contributed by atoms with van der Waals surface area (Å²) in [5, 5.41) is 8.99. The van der Waals surface area contributed by atoms with Gasteiger partial charge >= 0.3 is 5.97 Å². The van der Waals surface area contributed by atoms with Crippen LogP contribution in [0.25, 0.3) is 0 Å². The molecule has 0 amide bonds. The summed E-state index contributed by atoms with van der Waals surface area (Å²) in [6, 6.07) is 0. The van der Waals surface area contributed by atoms with Crippen molar-refractivity contribution < 1.29 is 14.6 Å². The SMILES string of the molecule is CCOC(CCN1CCCC(C)CC1)C(=O)O. The molecule has 0 bridgehead atoms. The highest BCUT2D eigenvalue weighted by Crippen LogP contribution is 2.16. The van der Waals surface area contributed by atoms with Gasteiger partial charge in [-0.2, -0.15) is 0 Å². The number of ether oxygens (including phenoxy) is 1. The van der Waals surface area contributed by atoms with Crippen molar-refractivity contribution in [3.8, 4) is 0 Å². The Kier molecular flexibility index (Phi) is 6.52. The maximum absolute atomic E-state index is 10.9. The summed E-state index contributed by atoms with van der Waals surface area (Å²) in [6.07, 6.45) is 3.71. The summed E-state index contributed by atoms with van der Waals surface area (Å²) in [6.45, 7) is 7.63. The second-order valence-electron chi connectivity index (χ2n) is 4.95. The van der Waals surface area contributed by atoms with E-state index in [0.717, 1.165) is 25.6 Å². The first-order valence-corrected chi connectivity index (χ1v) is 6.70. The minimum Gasteiger partial charge on any atom is -0.479 e. The Hall–Kier alpha value is -0.610. The van der Waals surface area contributed by atoms with Crippen LogP contribution in [0.4, 0.5) is 0 Å². The van der Waals surface area contributed by atoms with E-state index >= 15 is 0 Å². The Morgan fingerprint density at radius 1 is 1.47 bits per heavy atom. The van der Waals surface area contributed by atoms with Crippen molar-refractivity contribution in [3.63, 3.8) is 0 Å². The van der Waals surface area contributed by atoms with Gasteiger partial charge in [-0.1, -0.05) is 6.92 Å². The lowest BCUT2D eigenvalue weighted by molar-refractivity contribution is -0.150. The summed E-state index contributed by atoms with van der Waals surface area (Å²) in [4.78, 5) is 13.3. The minimum absolute atomic E-state index is 0.466. The lowest BCUT2D eigenvalue weighted by Crippen LogP contribution is -2.32. The molecular weight excluding hydrogens is 218 g/mol. The highest BCUT2D eigenvalue weighted by Gasteiger charge is 2.20. The van der Waals surface area contributed by atoms with Gasteiger partial charge in [-0.25, -0.2) is 4.79 Å². The monoisotopic (exact) mass is 243 g/mol. The van der Waals surface area contributed by atoms with Crippen LogP contribution in [0.3, 0.4) is 0 Å². The van der Waals surface area contributed by atoms with E-state index in [4.69, 9.17) is 9.84 Å². The van der Waals surface area contributed by atoms with Crippen LogP contribution in [-0.2, 0) is 9.53 Å². The third-order valence-corrected chi connectivity index (χ3v) is 3.46. The fourth-order valence-electron chi connectivity index (χ4n) is 2.33. The number of carboxylic acid groups (broad SMARTS) is 1. The van der Waals surface area contributed by atoms with Gasteiger partial charge in [0, 0.05) is 13.2 Å². The van der Waals surface area contributed by atoms with Crippen LogP contribution < -0.4 is 0 Å². The Balaban J connectivity index is 2.30. The van der Waals surface area contributed by atoms with Crippen LogP contribution >= 0.6 is 0 Å². The Labute approximate surface area is 104 Å². The quantitative estimate of drug-likeness (QED) is 0.775. The molecule has 1 heterocycles. The minimum atomic E-state index is -0.838. The standard InChI is InChI=1S/C13H25NO3/c1-3-17-12(13(15)16)7-10-14-8-4-5-11(2)6-9-14/h11-12H,3-10H2,1-2H3,(H,15,16). The maximum atomic E-state index is 10.9. The van der Waals surface area contributed by atoms with Gasteiger partial charge in [0.05, 0.1) is 0 Å². The number of hydrogen-bond acceptors (Lipinski definition) is 3. The molecule has 2 unspecified atom stereocenters. The van der Waals surface area contributed by atoms with Crippen molar-refractivity contribution in [3.05, 3.63) is 0 Å². The number of hydrogen-bond donors (Lipinski definition) is 1. The highest BCUT2D eigenvalue weighted by atomic mass is 16.5. The number of likely N-dealkylation sites (tertiary alicyclic amines) is 1. The summed E-state index contributed by atoms with van der Waals surface area (Å²) in [5.41, 5.74) is 0. The van der Waals surface area contributed by atoms with Crippen molar-refractivity contribution >= 4 is 5.97 Å². The van der Waals surface area contributed by atoms with Gasteiger partial charge < -0.3 is 14.7 Å². The molecule has 1 rings (SSSR count). The van der Waals surface area contributed by atoms with Gasteiger partial charge in [0.1, 0.15) is 0 Å². The van der Waals surface area contributed by atoms with Crippen molar-refractivity contribution in [1.29, 1.82) is 0 Å². The third kappa shape index (κ3) is 5.50. The molecule has 1 fully saturated rings. The fraction of sp³-hybridized carbons (Fsp3) is 0.923. The first-order valence-electron chi connectivity index (χ1n) is 6.70. The number of aliphatic carboxylic acids is 1. The average molecular weight is 243 g/mol. The van der Waals surface area contributed by atoms with Gasteiger partial charge in [0.2, 0.25) is 0 Å². The largest absolute Gasteiger partial charge is 0.479 e. The molecule has 0 aliphatic carbocycles. The topological polar surface area (TPSA) is 49.8 Å². The third-order valence-electron chi connectivity index (χ3n) is 3.46. The van der Waals surface area contributed by atoms with E-state index in [1.165, 1.54) is 19.3 Å². The molecular formula is C13H25NO3. The Bertz CT molecular complexity index is 233.